The van der Waals surface area contributed by atoms with Crippen LogP contribution in [0.25, 0.3) is 0 Å². The average molecular weight is 349 g/mol. The van der Waals surface area contributed by atoms with Crippen molar-refractivity contribution >= 4 is 17.2 Å². The summed E-state index contributed by atoms with van der Waals surface area (Å²) >= 11 is 1.60. The van der Waals surface area contributed by atoms with E-state index in [4.69, 9.17) is 4.74 Å². The third-order valence-electron chi connectivity index (χ3n) is 6.45. The fourth-order valence-corrected chi connectivity index (χ4v) is 6.74. The maximum atomic E-state index is 13.2. The zero-order valence-electron chi connectivity index (χ0n) is 14.8. The summed E-state index contributed by atoms with van der Waals surface area (Å²) in [6.45, 7) is 3.58. The van der Waals surface area contributed by atoms with E-state index in [0.29, 0.717) is 6.61 Å². The van der Waals surface area contributed by atoms with Crippen LogP contribution in [0, 0.1) is 23.2 Å². The topological polar surface area (TPSA) is 43.6 Å². The number of carbonyl (C=O) groups is 1. The fraction of sp³-hybridized carbons (Fsp3) is 0.789. The molecule has 132 valence electrons. The van der Waals surface area contributed by atoms with Crippen molar-refractivity contribution in [1.82, 2.24) is 4.57 Å². The van der Waals surface area contributed by atoms with Crippen LogP contribution >= 0.6 is 11.3 Å². The molecule has 0 unspecified atom stereocenters. The van der Waals surface area contributed by atoms with Crippen LogP contribution in [0.15, 0.2) is 10.4 Å². The van der Waals surface area contributed by atoms with Crippen molar-refractivity contribution in [3.05, 3.63) is 15.9 Å². The Morgan fingerprint density at radius 2 is 1.92 bits per heavy atom. The van der Waals surface area contributed by atoms with Crippen molar-refractivity contribution in [2.45, 2.75) is 58.4 Å². The number of ether oxygens (including phenoxy) is 1. The third kappa shape index (κ3) is 2.80. The molecule has 0 aliphatic heterocycles. The molecule has 1 heterocycles. The van der Waals surface area contributed by atoms with Crippen molar-refractivity contribution in [3.63, 3.8) is 0 Å². The molecule has 5 rings (SSSR count). The summed E-state index contributed by atoms with van der Waals surface area (Å²) < 4.78 is 7.41. The number of methoxy groups -OCH3 is 1. The molecule has 1 aromatic rings. The average Bonchev–Trinajstić information content (AvgIpc) is 2.93. The molecular weight excluding hydrogens is 320 g/mol. The molecule has 4 aliphatic carbocycles. The van der Waals surface area contributed by atoms with Gasteiger partial charge in [-0.1, -0.05) is 6.92 Å². The number of carbonyl (C=O) groups excluding carboxylic acids is 1. The Kier molecular flexibility index (Phi) is 4.42. The lowest BCUT2D eigenvalue weighted by atomic mass is 9.49. The van der Waals surface area contributed by atoms with Crippen molar-refractivity contribution < 1.29 is 9.53 Å². The molecule has 24 heavy (non-hydrogen) atoms. The second-order valence-corrected chi connectivity index (χ2v) is 8.96. The first-order valence-corrected chi connectivity index (χ1v) is 10.3. The summed E-state index contributed by atoms with van der Waals surface area (Å²) in [5, 5.41) is 2.14. The summed E-state index contributed by atoms with van der Waals surface area (Å²) in [5.41, 5.74) is 1.11. The number of rotatable bonds is 5. The van der Waals surface area contributed by atoms with Gasteiger partial charge in [-0.15, -0.1) is 11.3 Å². The van der Waals surface area contributed by atoms with Crippen LogP contribution in [-0.4, -0.2) is 24.2 Å². The number of hydrogen-bond acceptors (Lipinski definition) is 3. The highest BCUT2D eigenvalue weighted by molar-refractivity contribution is 7.07. The predicted molar refractivity (Wildman–Crippen MR) is 94.7 cm³/mol. The highest BCUT2D eigenvalue weighted by Crippen LogP contribution is 2.60. The van der Waals surface area contributed by atoms with Crippen LogP contribution in [0.1, 0.15) is 51.1 Å². The molecular formula is C19H28N2O2S. The Bertz CT molecular complexity index is 652. The summed E-state index contributed by atoms with van der Waals surface area (Å²) in [6.07, 6.45) is 8.31. The molecule has 4 aliphatic rings. The summed E-state index contributed by atoms with van der Waals surface area (Å²) in [4.78, 5) is 18.7. The van der Waals surface area contributed by atoms with Gasteiger partial charge >= 0.3 is 0 Å². The Morgan fingerprint density at radius 1 is 1.29 bits per heavy atom. The number of aromatic nitrogens is 1. The monoisotopic (exact) mass is 348 g/mol. The number of hydrogen-bond donors (Lipinski definition) is 0. The summed E-state index contributed by atoms with van der Waals surface area (Å²) in [5.74, 6) is 2.51. The Morgan fingerprint density at radius 3 is 2.46 bits per heavy atom. The van der Waals surface area contributed by atoms with Crippen molar-refractivity contribution in [1.29, 1.82) is 0 Å². The van der Waals surface area contributed by atoms with Crippen molar-refractivity contribution in [3.8, 4) is 0 Å². The van der Waals surface area contributed by atoms with Crippen LogP contribution in [0.4, 0.5) is 0 Å². The van der Waals surface area contributed by atoms with E-state index >= 15 is 0 Å². The summed E-state index contributed by atoms with van der Waals surface area (Å²) in [6, 6.07) is 0. The quantitative estimate of drug-likeness (QED) is 0.818. The maximum absolute atomic E-state index is 13.2. The molecule has 4 fully saturated rings. The SMILES string of the molecule is CCc1cs/c(=N\C(=O)C23CC4CC(CC(C4)C2)C3)n1CCOC. The van der Waals surface area contributed by atoms with Gasteiger partial charge in [-0.3, -0.25) is 4.79 Å². The van der Waals surface area contributed by atoms with Crippen LogP contribution < -0.4 is 4.80 Å². The Balaban J connectivity index is 1.64. The number of amides is 1. The third-order valence-corrected chi connectivity index (χ3v) is 7.36. The lowest BCUT2D eigenvalue weighted by molar-refractivity contribution is -0.142. The fourth-order valence-electron chi connectivity index (χ4n) is 5.73. The van der Waals surface area contributed by atoms with Gasteiger partial charge in [0, 0.05) is 24.7 Å². The summed E-state index contributed by atoms with van der Waals surface area (Å²) in [7, 11) is 1.72. The maximum Gasteiger partial charge on any atom is 0.254 e. The standard InChI is InChI=1S/C19H28N2O2S/c1-3-16-12-24-18(21(16)4-5-23-2)20-17(22)19-9-13-6-14(10-19)8-15(7-13)11-19/h12-15H,3-11H2,1-2H3/b20-18-. The first-order valence-electron chi connectivity index (χ1n) is 9.39. The van der Waals surface area contributed by atoms with Crippen molar-refractivity contribution in [2.24, 2.45) is 28.2 Å². The predicted octanol–water partition coefficient (Wildman–Crippen LogP) is 3.40. The van der Waals surface area contributed by atoms with Gasteiger partial charge in [-0.2, -0.15) is 4.99 Å². The normalized spacial score (nSPS) is 34.9. The Hall–Kier alpha value is -0.940. The minimum Gasteiger partial charge on any atom is -0.383 e. The van der Waals surface area contributed by atoms with E-state index in [0.717, 1.165) is 54.8 Å². The molecule has 0 radical (unpaired) electrons. The highest BCUT2D eigenvalue weighted by Gasteiger charge is 2.54. The van der Waals surface area contributed by atoms with Gasteiger partial charge in [0.05, 0.1) is 12.0 Å². The van der Waals surface area contributed by atoms with Gasteiger partial charge in [0.15, 0.2) is 4.80 Å². The molecule has 5 heteroatoms. The van der Waals surface area contributed by atoms with Gasteiger partial charge in [0.1, 0.15) is 0 Å². The first-order chi connectivity index (χ1) is 11.6. The van der Waals surface area contributed by atoms with Crippen LogP contribution in [-0.2, 0) is 22.5 Å². The number of nitrogens with zero attached hydrogens (tertiary/aromatic N) is 2. The molecule has 4 nitrogen and oxygen atoms in total. The van der Waals surface area contributed by atoms with Crippen LogP contribution in [0.3, 0.4) is 0 Å². The van der Waals surface area contributed by atoms with Gasteiger partial charge in [0.25, 0.3) is 5.91 Å². The molecule has 4 saturated carbocycles. The van der Waals surface area contributed by atoms with E-state index in [1.54, 1.807) is 18.4 Å². The van der Waals surface area contributed by atoms with Crippen LogP contribution in [0.5, 0.6) is 0 Å². The minimum absolute atomic E-state index is 0.135. The smallest absolute Gasteiger partial charge is 0.254 e. The van der Waals surface area contributed by atoms with Crippen molar-refractivity contribution in [2.75, 3.05) is 13.7 Å². The van der Waals surface area contributed by atoms with Gasteiger partial charge in [-0.25, -0.2) is 0 Å². The lowest BCUT2D eigenvalue weighted by Gasteiger charge is -2.55. The molecule has 1 aromatic heterocycles. The molecule has 0 atom stereocenters. The van der Waals surface area contributed by atoms with E-state index in [1.165, 1.54) is 25.0 Å². The van der Waals surface area contributed by atoms with E-state index < -0.39 is 0 Å². The van der Waals surface area contributed by atoms with E-state index in [1.807, 2.05) is 0 Å². The molecule has 0 aromatic carbocycles. The van der Waals surface area contributed by atoms with E-state index in [2.05, 4.69) is 21.9 Å². The molecule has 0 spiro atoms. The second kappa shape index (κ2) is 6.41. The van der Waals surface area contributed by atoms with Crippen LogP contribution in [0.2, 0.25) is 0 Å². The van der Waals surface area contributed by atoms with Gasteiger partial charge in [0.2, 0.25) is 0 Å². The zero-order valence-corrected chi connectivity index (χ0v) is 15.6. The minimum atomic E-state index is -0.135. The molecule has 4 bridgehead atoms. The van der Waals surface area contributed by atoms with Gasteiger partial charge in [-0.05, 0) is 62.7 Å². The molecule has 0 N–H and O–H groups in total. The molecule has 0 saturated heterocycles. The lowest BCUT2D eigenvalue weighted by Crippen LogP contribution is -2.50. The largest absolute Gasteiger partial charge is 0.383 e. The van der Waals surface area contributed by atoms with E-state index in [-0.39, 0.29) is 11.3 Å². The second-order valence-electron chi connectivity index (χ2n) is 8.12. The number of aryl methyl sites for hydroxylation is 1. The zero-order chi connectivity index (χ0) is 16.7. The van der Waals surface area contributed by atoms with E-state index in [9.17, 15) is 4.79 Å². The highest BCUT2D eigenvalue weighted by atomic mass is 32.1. The first kappa shape index (κ1) is 16.5. The Labute approximate surface area is 147 Å². The number of thiazole rings is 1. The molecule has 1 amide bonds. The van der Waals surface area contributed by atoms with Gasteiger partial charge < -0.3 is 9.30 Å².